The SMILES string of the molecule is CC(=O)OC1=C[C@@H](C)C[C@@H](C)C1. The van der Waals surface area contributed by atoms with Gasteiger partial charge in [0.2, 0.25) is 0 Å². The lowest BCUT2D eigenvalue weighted by molar-refractivity contribution is -0.137. The summed E-state index contributed by atoms with van der Waals surface area (Å²) in [6.45, 7) is 5.79. The van der Waals surface area contributed by atoms with Crippen molar-refractivity contribution in [1.29, 1.82) is 0 Å². The van der Waals surface area contributed by atoms with Gasteiger partial charge in [-0.2, -0.15) is 0 Å². The first-order valence-corrected chi connectivity index (χ1v) is 4.47. The maximum atomic E-state index is 10.7. The maximum absolute atomic E-state index is 10.7. The van der Waals surface area contributed by atoms with Crippen molar-refractivity contribution in [3.63, 3.8) is 0 Å². The molecule has 1 aliphatic rings. The molecule has 0 spiro atoms. The van der Waals surface area contributed by atoms with Crippen molar-refractivity contribution >= 4 is 5.97 Å². The number of carbonyl (C=O) groups excluding carboxylic acids is 1. The highest BCUT2D eigenvalue weighted by molar-refractivity contribution is 5.67. The Kier molecular flexibility index (Phi) is 2.90. The van der Waals surface area contributed by atoms with Crippen LogP contribution in [0.3, 0.4) is 0 Å². The molecule has 2 nitrogen and oxygen atoms in total. The maximum Gasteiger partial charge on any atom is 0.307 e. The van der Waals surface area contributed by atoms with E-state index >= 15 is 0 Å². The quantitative estimate of drug-likeness (QED) is 0.562. The Morgan fingerprint density at radius 1 is 1.58 bits per heavy atom. The van der Waals surface area contributed by atoms with E-state index < -0.39 is 0 Å². The molecule has 0 unspecified atom stereocenters. The second-order valence-corrected chi connectivity index (χ2v) is 3.75. The van der Waals surface area contributed by atoms with Crippen LogP contribution in [-0.4, -0.2) is 5.97 Å². The van der Waals surface area contributed by atoms with Crippen molar-refractivity contribution in [2.24, 2.45) is 11.8 Å². The van der Waals surface area contributed by atoms with Crippen molar-refractivity contribution in [2.45, 2.75) is 33.6 Å². The van der Waals surface area contributed by atoms with Crippen LogP contribution in [0.4, 0.5) is 0 Å². The van der Waals surface area contributed by atoms with E-state index in [0.717, 1.165) is 12.2 Å². The summed E-state index contributed by atoms with van der Waals surface area (Å²) in [5, 5.41) is 0. The van der Waals surface area contributed by atoms with Crippen molar-refractivity contribution in [1.82, 2.24) is 0 Å². The molecule has 0 N–H and O–H groups in total. The van der Waals surface area contributed by atoms with Gasteiger partial charge in [0.25, 0.3) is 0 Å². The topological polar surface area (TPSA) is 26.3 Å². The molecule has 0 heterocycles. The molecule has 0 aromatic heterocycles. The molecular weight excluding hydrogens is 152 g/mol. The zero-order valence-electron chi connectivity index (χ0n) is 7.96. The number of hydrogen-bond acceptors (Lipinski definition) is 2. The summed E-state index contributed by atoms with van der Waals surface area (Å²) in [7, 11) is 0. The van der Waals surface area contributed by atoms with Crippen LogP contribution >= 0.6 is 0 Å². The molecule has 0 aromatic rings. The van der Waals surface area contributed by atoms with Crippen LogP contribution < -0.4 is 0 Å². The van der Waals surface area contributed by atoms with E-state index in [9.17, 15) is 4.79 Å². The van der Waals surface area contributed by atoms with E-state index in [-0.39, 0.29) is 5.97 Å². The third-order valence-electron chi connectivity index (χ3n) is 2.07. The molecular formula is C10H16O2. The van der Waals surface area contributed by atoms with Crippen molar-refractivity contribution in [3.8, 4) is 0 Å². The van der Waals surface area contributed by atoms with E-state index in [4.69, 9.17) is 4.74 Å². The van der Waals surface area contributed by atoms with Crippen LogP contribution in [0.15, 0.2) is 11.8 Å². The highest BCUT2D eigenvalue weighted by atomic mass is 16.5. The average molecular weight is 168 g/mol. The zero-order valence-corrected chi connectivity index (χ0v) is 7.96. The van der Waals surface area contributed by atoms with Gasteiger partial charge in [0.15, 0.2) is 0 Å². The Balaban J connectivity index is 2.57. The van der Waals surface area contributed by atoms with Crippen molar-refractivity contribution < 1.29 is 9.53 Å². The minimum absolute atomic E-state index is 0.206. The summed E-state index contributed by atoms with van der Waals surface area (Å²) in [5.74, 6) is 1.83. The first kappa shape index (κ1) is 9.30. The fourth-order valence-electron chi connectivity index (χ4n) is 1.78. The van der Waals surface area contributed by atoms with E-state index in [0.29, 0.717) is 11.8 Å². The normalized spacial score (nSPS) is 29.4. The number of hydrogen-bond donors (Lipinski definition) is 0. The zero-order chi connectivity index (χ0) is 9.14. The summed E-state index contributed by atoms with van der Waals surface area (Å²) >= 11 is 0. The lowest BCUT2D eigenvalue weighted by Gasteiger charge is -2.22. The van der Waals surface area contributed by atoms with E-state index in [1.807, 2.05) is 0 Å². The van der Waals surface area contributed by atoms with Gasteiger partial charge in [-0.3, -0.25) is 4.79 Å². The Hall–Kier alpha value is -0.790. The van der Waals surface area contributed by atoms with Gasteiger partial charge in [0.1, 0.15) is 5.76 Å². The van der Waals surface area contributed by atoms with Crippen LogP contribution in [0.2, 0.25) is 0 Å². The average Bonchev–Trinajstić information content (AvgIpc) is 1.81. The Labute approximate surface area is 73.6 Å². The summed E-state index contributed by atoms with van der Waals surface area (Å²) in [5.41, 5.74) is 0. The molecule has 68 valence electrons. The standard InChI is InChI=1S/C10H16O2/c1-7-4-8(2)6-10(5-7)12-9(3)11/h5,7-8H,4,6H2,1-3H3/t7-,8+/m0/s1. The van der Waals surface area contributed by atoms with Gasteiger partial charge in [-0.1, -0.05) is 13.8 Å². The van der Waals surface area contributed by atoms with Gasteiger partial charge in [-0.15, -0.1) is 0 Å². The van der Waals surface area contributed by atoms with Gasteiger partial charge in [-0.05, 0) is 24.3 Å². The molecule has 0 aromatic carbocycles. The predicted molar refractivity (Wildman–Crippen MR) is 47.4 cm³/mol. The van der Waals surface area contributed by atoms with E-state index in [1.54, 1.807) is 0 Å². The second-order valence-electron chi connectivity index (χ2n) is 3.75. The summed E-state index contributed by atoms with van der Waals surface area (Å²) < 4.78 is 5.05. The fourth-order valence-corrected chi connectivity index (χ4v) is 1.78. The first-order valence-electron chi connectivity index (χ1n) is 4.47. The molecule has 0 amide bonds. The number of allylic oxidation sites excluding steroid dienone is 2. The number of rotatable bonds is 1. The molecule has 1 rings (SSSR count). The smallest absolute Gasteiger partial charge is 0.307 e. The lowest BCUT2D eigenvalue weighted by atomic mass is 9.88. The summed E-state index contributed by atoms with van der Waals surface area (Å²) in [6.07, 6.45) is 4.16. The van der Waals surface area contributed by atoms with Crippen molar-refractivity contribution in [2.75, 3.05) is 0 Å². The molecule has 0 saturated heterocycles. The monoisotopic (exact) mass is 168 g/mol. The summed E-state index contributed by atoms with van der Waals surface area (Å²) in [6, 6.07) is 0. The molecule has 0 saturated carbocycles. The van der Waals surface area contributed by atoms with Crippen molar-refractivity contribution in [3.05, 3.63) is 11.8 Å². The Morgan fingerprint density at radius 3 is 2.75 bits per heavy atom. The van der Waals surface area contributed by atoms with Gasteiger partial charge in [0, 0.05) is 13.3 Å². The third-order valence-corrected chi connectivity index (χ3v) is 2.07. The Bertz CT molecular complexity index is 206. The molecule has 0 aliphatic heterocycles. The van der Waals surface area contributed by atoms with Crippen LogP contribution in [0.25, 0.3) is 0 Å². The number of ether oxygens (including phenoxy) is 1. The molecule has 2 heteroatoms. The molecule has 1 aliphatic carbocycles. The van der Waals surface area contributed by atoms with Gasteiger partial charge in [-0.25, -0.2) is 0 Å². The number of esters is 1. The molecule has 0 fully saturated rings. The highest BCUT2D eigenvalue weighted by Gasteiger charge is 2.17. The Morgan fingerprint density at radius 2 is 2.25 bits per heavy atom. The molecule has 0 radical (unpaired) electrons. The largest absolute Gasteiger partial charge is 0.432 e. The van der Waals surface area contributed by atoms with Crippen LogP contribution in [0.5, 0.6) is 0 Å². The van der Waals surface area contributed by atoms with E-state index in [1.165, 1.54) is 13.3 Å². The predicted octanol–water partition coefficient (Wildman–Crippen LogP) is 2.50. The first-order chi connectivity index (χ1) is 5.58. The van der Waals surface area contributed by atoms with Gasteiger partial charge < -0.3 is 4.74 Å². The van der Waals surface area contributed by atoms with Crippen LogP contribution in [0, 0.1) is 11.8 Å². The lowest BCUT2D eigenvalue weighted by Crippen LogP contribution is -2.12. The minimum atomic E-state index is -0.206. The number of carbonyl (C=O) groups is 1. The molecule has 0 bridgehead atoms. The van der Waals surface area contributed by atoms with Gasteiger partial charge in [0.05, 0.1) is 0 Å². The van der Waals surface area contributed by atoms with Gasteiger partial charge >= 0.3 is 5.97 Å². The molecule has 12 heavy (non-hydrogen) atoms. The summed E-state index contributed by atoms with van der Waals surface area (Å²) in [4.78, 5) is 10.7. The van der Waals surface area contributed by atoms with Crippen LogP contribution in [-0.2, 0) is 9.53 Å². The van der Waals surface area contributed by atoms with E-state index in [2.05, 4.69) is 19.9 Å². The minimum Gasteiger partial charge on any atom is -0.432 e. The highest BCUT2D eigenvalue weighted by Crippen LogP contribution is 2.27. The fraction of sp³-hybridized carbons (Fsp3) is 0.700. The molecule has 2 atom stereocenters. The van der Waals surface area contributed by atoms with Crippen LogP contribution in [0.1, 0.15) is 33.6 Å². The third kappa shape index (κ3) is 2.68. The second kappa shape index (κ2) is 3.74.